The Morgan fingerprint density at radius 1 is 1.15 bits per heavy atom. The summed E-state index contributed by atoms with van der Waals surface area (Å²) in [5, 5.41) is 3.20. The summed E-state index contributed by atoms with van der Waals surface area (Å²) in [4.78, 5) is 21.0. The van der Waals surface area contributed by atoms with Crippen LogP contribution in [0.15, 0.2) is 59.6 Å². The van der Waals surface area contributed by atoms with Gasteiger partial charge in [-0.2, -0.15) is 0 Å². The predicted molar refractivity (Wildman–Crippen MR) is 122 cm³/mol. The maximum absolute atomic E-state index is 12.8. The van der Waals surface area contributed by atoms with E-state index in [0.717, 1.165) is 31.6 Å². The van der Waals surface area contributed by atoms with Crippen LogP contribution in [0, 0.1) is 0 Å². The van der Waals surface area contributed by atoms with Gasteiger partial charge in [0.2, 0.25) is 5.91 Å². The van der Waals surface area contributed by atoms with Gasteiger partial charge in [0.05, 0.1) is 6.54 Å². The minimum atomic E-state index is 0. The van der Waals surface area contributed by atoms with E-state index in [4.69, 9.17) is 0 Å². The molecule has 0 saturated heterocycles. The van der Waals surface area contributed by atoms with Crippen molar-refractivity contribution in [3.63, 3.8) is 0 Å². The van der Waals surface area contributed by atoms with Gasteiger partial charge in [-0.3, -0.25) is 9.79 Å². The van der Waals surface area contributed by atoms with Gasteiger partial charge in [0, 0.05) is 32.9 Å². The topological polar surface area (TPSA) is 47.9 Å². The number of carbonyl (C=O) groups is 1. The normalized spacial score (nSPS) is 13.4. The molecule has 144 valence electrons. The highest BCUT2D eigenvalue weighted by atomic mass is 127. The highest BCUT2D eigenvalue weighted by molar-refractivity contribution is 14.0. The molecule has 27 heavy (non-hydrogen) atoms. The van der Waals surface area contributed by atoms with E-state index in [9.17, 15) is 4.79 Å². The molecule has 0 bridgehead atoms. The van der Waals surface area contributed by atoms with Gasteiger partial charge in [-0.25, -0.2) is 0 Å². The molecule has 0 atom stereocenters. The second-order valence-corrected chi connectivity index (χ2v) is 6.52. The number of hydrogen-bond acceptors (Lipinski definition) is 2. The Morgan fingerprint density at radius 2 is 1.85 bits per heavy atom. The third-order valence-electron chi connectivity index (χ3n) is 4.64. The molecule has 6 heteroatoms. The van der Waals surface area contributed by atoms with Crippen molar-refractivity contribution in [1.29, 1.82) is 0 Å². The van der Waals surface area contributed by atoms with Gasteiger partial charge in [0.25, 0.3) is 0 Å². The number of amides is 1. The summed E-state index contributed by atoms with van der Waals surface area (Å²) < 4.78 is 0. The molecule has 2 aromatic carbocycles. The molecule has 0 aliphatic carbocycles. The number of aliphatic imine (C=N–C) groups is 1. The summed E-state index contributed by atoms with van der Waals surface area (Å²) in [6.45, 7) is 1.75. The fraction of sp³-hybridized carbons (Fsp3) is 0.333. The van der Waals surface area contributed by atoms with Crippen LogP contribution in [-0.4, -0.2) is 44.0 Å². The highest BCUT2D eigenvalue weighted by Gasteiger charge is 2.22. The molecule has 1 aliphatic rings. The van der Waals surface area contributed by atoms with Crippen molar-refractivity contribution in [1.82, 2.24) is 10.2 Å². The van der Waals surface area contributed by atoms with Crippen molar-refractivity contribution in [3.8, 4) is 0 Å². The molecule has 0 radical (unpaired) electrons. The lowest BCUT2D eigenvalue weighted by Gasteiger charge is -2.30. The first kappa shape index (κ1) is 21.2. The molecule has 2 aromatic rings. The fourth-order valence-corrected chi connectivity index (χ4v) is 3.36. The molecular formula is C21H27IN4O. The van der Waals surface area contributed by atoms with Crippen LogP contribution in [0.1, 0.15) is 17.5 Å². The van der Waals surface area contributed by atoms with Crippen LogP contribution in [-0.2, 0) is 17.8 Å². The average Bonchev–Trinajstić information content (AvgIpc) is 2.68. The molecule has 0 aromatic heterocycles. The van der Waals surface area contributed by atoms with Crippen LogP contribution >= 0.6 is 24.0 Å². The number of hydrogen-bond donors (Lipinski definition) is 1. The number of nitrogens with zero attached hydrogens (tertiary/aromatic N) is 3. The molecule has 0 fully saturated rings. The molecule has 0 saturated carbocycles. The Kier molecular flexibility index (Phi) is 8.09. The maximum atomic E-state index is 12.8. The lowest BCUT2D eigenvalue weighted by atomic mass is 10.0. The molecule has 1 N–H and O–H groups in total. The molecule has 0 spiro atoms. The number of aryl methyl sites for hydroxylation is 1. The number of rotatable bonds is 4. The highest BCUT2D eigenvalue weighted by Crippen LogP contribution is 2.26. The van der Waals surface area contributed by atoms with Gasteiger partial charge >= 0.3 is 0 Å². The zero-order chi connectivity index (χ0) is 18.4. The summed E-state index contributed by atoms with van der Waals surface area (Å²) in [6.07, 6.45) is 2.04. The van der Waals surface area contributed by atoms with Crippen molar-refractivity contribution in [2.45, 2.75) is 19.4 Å². The largest absolute Gasteiger partial charge is 0.347 e. The standard InChI is InChI=1S/C21H26N4O.HI/c1-22-21(24(2)16-17-9-4-3-5-10-17)23-15-20(26)25-14-8-12-18-11-6-7-13-19(18)25;/h3-7,9-11,13H,8,12,14-16H2,1-2H3,(H,22,23);1H. The van der Waals surface area contributed by atoms with Crippen LogP contribution in [0.25, 0.3) is 0 Å². The first-order valence-electron chi connectivity index (χ1n) is 9.03. The van der Waals surface area contributed by atoms with Crippen LogP contribution in [0.4, 0.5) is 5.69 Å². The molecule has 5 nitrogen and oxygen atoms in total. The number of anilines is 1. The van der Waals surface area contributed by atoms with Gasteiger partial charge in [-0.1, -0.05) is 48.5 Å². The number of carbonyl (C=O) groups excluding carboxylic acids is 1. The second-order valence-electron chi connectivity index (χ2n) is 6.52. The summed E-state index contributed by atoms with van der Waals surface area (Å²) in [6, 6.07) is 18.4. The first-order chi connectivity index (χ1) is 12.7. The van der Waals surface area contributed by atoms with E-state index in [1.54, 1.807) is 7.05 Å². The van der Waals surface area contributed by atoms with E-state index in [1.807, 2.05) is 53.2 Å². The molecule has 1 aliphatic heterocycles. The smallest absolute Gasteiger partial charge is 0.246 e. The minimum absolute atomic E-state index is 0. The third-order valence-corrected chi connectivity index (χ3v) is 4.64. The summed E-state index contributed by atoms with van der Waals surface area (Å²) in [5.41, 5.74) is 3.49. The zero-order valence-corrected chi connectivity index (χ0v) is 18.2. The minimum Gasteiger partial charge on any atom is -0.347 e. The average molecular weight is 478 g/mol. The lowest BCUT2D eigenvalue weighted by molar-refractivity contribution is -0.117. The van der Waals surface area contributed by atoms with Gasteiger partial charge in [0.1, 0.15) is 0 Å². The van der Waals surface area contributed by atoms with Crippen molar-refractivity contribution in [3.05, 3.63) is 65.7 Å². The van der Waals surface area contributed by atoms with Crippen molar-refractivity contribution in [2.75, 3.05) is 32.1 Å². The Balaban J connectivity index is 0.00000261. The van der Waals surface area contributed by atoms with Crippen LogP contribution < -0.4 is 10.2 Å². The summed E-state index contributed by atoms with van der Waals surface area (Å²) >= 11 is 0. The molecule has 1 heterocycles. The van der Waals surface area contributed by atoms with Gasteiger partial charge in [-0.15, -0.1) is 24.0 Å². The van der Waals surface area contributed by atoms with E-state index in [0.29, 0.717) is 5.96 Å². The van der Waals surface area contributed by atoms with Crippen LogP contribution in [0.2, 0.25) is 0 Å². The molecule has 3 rings (SSSR count). The van der Waals surface area contributed by atoms with Crippen LogP contribution in [0.5, 0.6) is 0 Å². The van der Waals surface area contributed by atoms with Gasteiger partial charge in [0.15, 0.2) is 5.96 Å². The van der Waals surface area contributed by atoms with Crippen molar-refractivity contribution < 1.29 is 4.79 Å². The summed E-state index contributed by atoms with van der Waals surface area (Å²) in [5.74, 6) is 0.791. The quantitative estimate of drug-likeness (QED) is 0.417. The van der Waals surface area contributed by atoms with E-state index in [-0.39, 0.29) is 36.4 Å². The maximum Gasteiger partial charge on any atom is 0.246 e. The monoisotopic (exact) mass is 478 g/mol. The van der Waals surface area contributed by atoms with E-state index in [1.165, 1.54) is 11.1 Å². The number of para-hydroxylation sites is 1. The van der Waals surface area contributed by atoms with E-state index >= 15 is 0 Å². The van der Waals surface area contributed by atoms with E-state index in [2.05, 4.69) is 28.5 Å². The van der Waals surface area contributed by atoms with Crippen molar-refractivity contribution in [2.24, 2.45) is 4.99 Å². The molecule has 1 amide bonds. The number of halogens is 1. The van der Waals surface area contributed by atoms with E-state index < -0.39 is 0 Å². The number of benzene rings is 2. The summed E-state index contributed by atoms with van der Waals surface area (Å²) in [7, 11) is 3.72. The van der Waals surface area contributed by atoms with Gasteiger partial charge < -0.3 is 15.1 Å². The Morgan fingerprint density at radius 3 is 2.59 bits per heavy atom. The zero-order valence-electron chi connectivity index (χ0n) is 15.9. The molecular weight excluding hydrogens is 451 g/mol. The van der Waals surface area contributed by atoms with Gasteiger partial charge in [-0.05, 0) is 30.0 Å². The SMILES string of the molecule is CN=C(NCC(=O)N1CCCc2ccccc21)N(C)Cc1ccccc1.I. The number of guanidine groups is 1. The van der Waals surface area contributed by atoms with Crippen LogP contribution in [0.3, 0.4) is 0 Å². The number of fused-ring (bicyclic) bond motifs is 1. The fourth-order valence-electron chi connectivity index (χ4n) is 3.36. The first-order valence-corrected chi connectivity index (χ1v) is 9.03. The Bertz CT molecular complexity index is 779. The Hall–Kier alpha value is -2.09. The lowest BCUT2D eigenvalue weighted by Crippen LogP contribution is -2.46. The van der Waals surface area contributed by atoms with Crippen molar-refractivity contribution >= 4 is 41.5 Å². The molecule has 0 unspecified atom stereocenters. The second kappa shape index (κ2) is 10.3. The Labute approximate surface area is 178 Å². The number of nitrogens with one attached hydrogen (secondary N) is 1. The predicted octanol–water partition coefficient (Wildman–Crippen LogP) is 3.29. The third kappa shape index (κ3) is 5.45.